The molecule has 3 rings (SSSR count). The van der Waals surface area contributed by atoms with Gasteiger partial charge in [-0.3, -0.25) is 15.0 Å². The van der Waals surface area contributed by atoms with Gasteiger partial charge in [-0.25, -0.2) is 9.97 Å². The van der Waals surface area contributed by atoms with E-state index in [1.807, 2.05) is 0 Å². The van der Waals surface area contributed by atoms with Crippen LogP contribution in [0.1, 0.15) is 6.42 Å². The minimum absolute atomic E-state index is 0.0233. The van der Waals surface area contributed by atoms with Gasteiger partial charge in [0.1, 0.15) is 17.8 Å². The molecule has 168 valence electrons. The fraction of sp³-hybridized carbons (Fsp3) is 0.474. The first-order valence-corrected chi connectivity index (χ1v) is 10.1. The first-order valence-electron chi connectivity index (χ1n) is 9.75. The zero-order valence-electron chi connectivity index (χ0n) is 17.4. The number of benzene rings is 1. The Hall–Kier alpha value is -2.89. The second kappa shape index (κ2) is 10.9. The van der Waals surface area contributed by atoms with Crippen LogP contribution < -0.4 is 20.1 Å². The number of halogens is 1. The molecule has 2 heterocycles. The highest BCUT2D eigenvalue weighted by Crippen LogP contribution is 2.39. The fourth-order valence-electron chi connectivity index (χ4n) is 3.19. The lowest BCUT2D eigenvalue weighted by molar-refractivity contribution is -0.383. The van der Waals surface area contributed by atoms with Crippen LogP contribution in [0.15, 0.2) is 18.5 Å². The summed E-state index contributed by atoms with van der Waals surface area (Å²) < 4.78 is 15.9. The number of aromatic nitrogens is 2. The molecule has 0 bridgehead atoms. The van der Waals surface area contributed by atoms with Crippen molar-refractivity contribution in [2.75, 3.05) is 64.2 Å². The van der Waals surface area contributed by atoms with E-state index in [-0.39, 0.29) is 17.3 Å². The van der Waals surface area contributed by atoms with Crippen LogP contribution in [0, 0.1) is 10.1 Å². The molecule has 1 aromatic heterocycles. The molecule has 2 N–H and O–H groups in total. The van der Waals surface area contributed by atoms with Crippen LogP contribution in [0.4, 0.5) is 23.0 Å². The smallest absolute Gasteiger partial charge is 0.353 e. The molecule has 1 aromatic carbocycles. The second-order valence-electron chi connectivity index (χ2n) is 6.72. The normalized spacial score (nSPS) is 14.2. The molecule has 0 amide bonds. The van der Waals surface area contributed by atoms with E-state index in [9.17, 15) is 10.1 Å². The van der Waals surface area contributed by atoms with E-state index in [4.69, 9.17) is 25.8 Å². The van der Waals surface area contributed by atoms with Gasteiger partial charge in [0.25, 0.3) is 0 Å². The van der Waals surface area contributed by atoms with E-state index in [0.717, 1.165) is 39.3 Å². The Morgan fingerprint density at radius 1 is 1.19 bits per heavy atom. The third-order valence-electron chi connectivity index (χ3n) is 4.78. The van der Waals surface area contributed by atoms with Gasteiger partial charge in [-0.2, -0.15) is 0 Å². The Bertz CT molecular complexity index is 910. The van der Waals surface area contributed by atoms with Crippen LogP contribution >= 0.6 is 11.6 Å². The van der Waals surface area contributed by atoms with Crippen LogP contribution in [0.2, 0.25) is 5.02 Å². The van der Waals surface area contributed by atoms with Crippen molar-refractivity contribution in [3.63, 3.8) is 0 Å². The van der Waals surface area contributed by atoms with E-state index in [0.29, 0.717) is 28.8 Å². The lowest BCUT2D eigenvalue weighted by Gasteiger charge is -2.26. The van der Waals surface area contributed by atoms with Crippen LogP contribution in [-0.4, -0.2) is 73.4 Å². The molecule has 1 aliphatic heterocycles. The first-order chi connectivity index (χ1) is 15.0. The molecule has 11 nitrogen and oxygen atoms in total. The van der Waals surface area contributed by atoms with Crippen LogP contribution in [-0.2, 0) is 4.74 Å². The van der Waals surface area contributed by atoms with Gasteiger partial charge in [0.2, 0.25) is 11.6 Å². The Labute approximate surface area is 184 Å². The molecule has 0 unspecified atom stereocenters. The van der Waals surface area contributed by atoms with Gasteiger partial charge in [-0.05, 0) is 19.0 Å². The number of nitro groups is 1. The summed E-state index contributed by atoms with van der Waals surface area (Å²) in [5.41, 5.74) is 0.149. The van der Waals surface area contributed by atoms with Crippen LogP contribution in [0.3, 0.4) is 0 Å². The topological polar surface area (TPSA) is 124 Å². The third-order valence-corrected chi connectivity index (χ3v) is 5.07. The number of methoxy groups -OCH3 is 2. The Kier molecular flexibility index (Phi) is 8.04. The van der Waals surface area contributed by atoms with E-state index < -0.39 is 4.92 Å². The fourth-order valence-corrected chi connectivity index (χ4v) is 3.43. The molecule has 12 heteroatoms. The zero-order chi connectivity index (χ0) is 22.2. The van der Waals surface area contributed by atoms with Gasteiger partial charge in [-0.15, -0.1) is 0 Å². The number of hydrogen-bond acceptors (Lipinski definition) is 10. The highest BCUT2D eigenvalue weighted by molar-refractivity contribution is 6.32. The quantitative estimate of drug-likeness (QED) is 0.316. The van der Waals surface area contributed by atoms with Crippen molar-refractivity contribution < 1.29 is 19.1 Å². The molecule has 0 aliphatic carbocycles. The summed E-state index contributed by atoms with van der Waals surface area (Å²) in [6.45, 7) is 4.67. The molecule has 0 radical (unpaired) electrons. The predicted octanol–water partition coefficient (Wildman–Crippen LogP) is 2.93. The molecule has 31 heavy (non-hydrogen) atoms. The molecule has 0 saturated carbocycles. The SMILES string of the molecule is COc1cc(OC)c(Nc2ncnc(NCCCN3CCOCC3)c2[N+](=O)[O-])cc1Cl. The van der Waals surface area contributed by atoms with Crippen molar-refractivity contribution in [1.82, 2.24) is 14.9 Å². The summed E-state index contributed by atoms with van der Waals surface area (Å²) in [4.78, 5) is 21.7. The third kappa shape index (κ3) is 5.84. The molecule has 0 atom stereocenters. The maximum Gasteiger partial charge on any atom is 0.353 e. The number of morpholine rings is 1. The minimum atomic E-state index is -0.524. The summed E-state index contributed by atoms with van der Waals surface area (Å²) in [7, 11) is 2.96. The van der Waals surface area contributed by atoms with Gasteiger partial charge in [0, 0.05) is 25.7 Å². The Morgan fingerprint density at radius 2 is 1.90 bits per heavy atom. The molecule has 1 saturated heterocycles. The van der Waals surface area contributed by atoms with Crippen molar-refractivity contribution in [2.45, 2.75) is 6.42 Å². The van der Waals surface area contributed by atoms with Crippen LogP contribution in [0.25, 0.3) is 0 Å². The summed E-state index contributed by atoms with van der Waals surface area (Å²) in [6.07, 6.45) is 2.07. The number of nitrogens with one attached hydrogen (secondary N) is 2. The van der Waals surface area contributed by atoms with Gasteiger partial charge < -0.3 is 24.8 Å². The average molecular weight is 453 g/mol. The van der Waals surface area contributed by atoms with Gasteiger partial charge in [-0.1, -0.05) is 11.6 Å². The predicted molar refractivity (Wildman–Crippen MR) is 117 cm³/mol. The summed E-state index contributed by atoms with van der Waals surface area (Å²) >= 11 is 6.20. The zero-order valence-corrected chi connectivity index (χ0v) is 18.1. The molecular weight excluding hydrogens is 428 g/mol. The number of rotatable bonds is 10. The molecular formula is C19H25ClN6O5. The monoisotopic (exact) mass is 452 g/mol. The second-order valence-corrected chi connectivity index (χ2v) is 7.13. The lowest BCUT2D eigenvalue weighted by Crippen LogP contribution is -2.37. The van der Waals surface area contributed by atoms with Crippen molar-refractivity contribution in [3.05, 3.63) is 33.6 Å². The number of anilines is 3. The standard InChI is InChI=1S/C19H25ClN6O5/c1-29-15-11-16(30-2)14(10-13(15)20)24-19-17(26(27)28)18(22-12-23-19)21-4-3-5-25-6-8-31-9-7-25/h10-12H,3-9H2,1-2H3,(H2,21,22,23,24). The van der Waals surface area contributed by atoms with Crippen molar-refractivity contribution in [2.24, 2.45) is 0 Å². The molecule has 0 spiro atoms. The van der Waals surface area contributed by atoms with Gasteiger partial charge >= 0.3 is 5.69 Å². The maximum atomic E-state index is 11.8. The van der Waals surface area contributed by atoms with Crippen LogP contribution in [0.5, 0.6) is 11.5 Å². The highest BCUT2D eigenvalue weighted by atomic mass is 35.5. The van der Waals surface area contributed by atoms with E-state index in [1.54, 1.807) is 12.1 Å². The highest BCUT2D eigenvalue weighted by Gasteiger charge is 2.24. The average Bonchev–Trinajstić information content (AvgIpc) is 2.77. The lowest BCUT2D eigenvalue weighted by atomic mass is 10.2. The van der Waals surface area contributed by atoms with Gasteiger partial charge in [0.15, 0.2) is 0 Å². The van der Waals surface area contributed by atoms with Gasteiger partial charge in [0.05, 0.1) is 43.1 Å². The number of nitrogens with zero attached hydrogens (tertiary/aromatic N) is 4. The molecule has 1 fully saturated rings. The first kappa shape index (κ1) is 22.8. The summed E-state index contributed by atoms with van der Waals surface area (Å²) in [6, 6.07) is 3.14. The largest absolute Gasteiger partial charge is 0.495 e. The van der Waals surface area contributed by atoms with E-state index in [1.165, 1.54) is 20.5 Å². The Balaban J connectivity index is 1.74. The molecule has 2 aromatic rings. The number of hydrogen-bond donors (Lipinski definition) is 2. The van der Waals surface area contributed by atoms with E-state index in [2.05, 4.69) is 25.5 Å². The van der Waals surface area contributed by atoms with Crippen molar-refractivity contribution >= 4 is 34.6 Å². The van der Waals surface area contributed by atoms with E-state index >= 15 is 0 Å². The van der Waals surface area contributed by atoms with Crippen molar-refractivity contribution in [3.8, 4) is 11.5 Å². The Morgan fingerprint density at radius 3 is 2.58 bits per heavy atom. The minimum Gasteiger partial charge on any atom is -0.495 e. The summed E-state index contributed by atoms with van der Waals surface area (Å²) in [5, 5.41) is 18.1. The van der Waals surface area contributed by atoms with Crippen molar-refractivity contribution in [1.29, 1.82) is 0 Å². The number of ether oxygens (including phenoxy) is 3. The maximum absolute atomic E-state index is 11.8. The molecule has 1 aliphatic rings. The summed E-state index contributed by atoms with van der Waals surface area (Å²) in [5.74, 6) is 0.983.